The van der Waals surface area contributed by atoms with Crippen molar-refractivity contribution in [2.24, 2.45) is 5.92 Å². The number of halogens is 1. The van der Waals surface area contributed by atoms with Crippen LogP contribution in [0.3, 0.4) is 0 Å². The van der Waals surface area contributed by atoms with Crippen molar-refractivity contribution in [3.05, 3.63) is 34.3 Å². The molecule has 0 fully saturated rings. The summed E-state index contributed by atoms with van der Waals surface area (Å²) in [6, 6.07) is 8.31. The smallest absolute Gasteiger partial charge is 0.0950 e. The van der Waals surface area contributed by atoms with Crippen molar-refractivity contribution in [2.45, 2.75) is 33.3 Å². The van der Waals surface area contributed by atoms with Gasteiger partial charge in [-0.05, 0) is 36.6 Å². The number of benzene rings is 1. The minimum Gasteiger partial charge on any atom is -0.379 e. The van der Waals surface area contributed by atoms with Gasteiger partial charge >= 0.3 is 0 Å². The van der Waals surface area contributed by atoms with E-state index in [-0.39, 0.29) is 6.10 Å². The van der Waals surface area contributed by atoms with Gasteiger partial charge in [0.15, 0.2) is 0 Å². The van der Waals surface area contributed by atoms with E-state index < -0.39 is 0 Å². The second kappa shape index (κ2) is 11.2. The molecule has 0 aliphatic carbocycles. The van der Waals surface area contributed by atoms with E-state index in [2.05, 4.69) is 54.2 Å². The molecule has 1 unspecified atom stereocenters. The summed E-state index contributed by atoms with van der Waals surface area (Å²) in [6.07, 6.45) is 1.19. The molecule has 120 valence electrons. The van der Waals surface area contributed by atoms with Crippen LogP contribution in [-0.4, -0.2) is 32.9 Å². The Labute approximate surface area is 137 Å². The first-order chi connectivity index (χ1) is 10.1. The molecule has 1 N–H and O–H groups in total. The number of nitrogens with one attached hydrogen (secondary N) is 1. The van der Waals surface area contributed by atoms with E-state index in [1.807, 2.05) is 12.1 Å². The first-order valence-electron chi connectivity index (χ1n) is 7.79. The molecule has 21 heavy (non-hydrogen) atoms. The highest BCUT2D eigenvalue weighted by Gasteiger charge is 2.12. The Bertz CT molecular complexity index is 385. The van der Waals surface area contributed by atoms with Gasteiger partial charge in [0.2, 0.25) is 0 Å². The Balaban J connectivity index is 2.44. The molecule has 0 amide bonds. The molecule has 0 spiro atoms. The van der Waals surface area contributed by atoms with Crippen molar-refractivity contribution >= 4 is 15.9 Å². The minimum absolute atomic E-state index is 0.0664. The zero-order chi connectivity index (χ0) is 15.5. The monoisotopic (exact) mass is 357 g/mol. The lowest BCUT2D eigenvalue weighted by Gasteiger charge is -2.19. The summed E-state index contributed by atoms with van der Waals surface area (Å²) < 4.78 is 12.7. The number of hydrogen-bond donors (Lipinski definition) is 1. The quantitative estimate of drug-likeness (QED) is 0.602. The summed E-state index contributed by atoms with van der Waals surface area (Å²) in [4.78, 5) is 0. The fourth-order valence-electron chi connectivity index (χ4n) is 1.96. The fourth-order valence-corrected chi connectivity index (χ4v) is 2.38. The van der Waals surface area contributed by atoms with E-state index in [1.165, 1.54) is 5.56 Å². The number of ether oxygens (including phenoxy) is 2. The van der Waals surface area contributed by atoms with E-state index in [4.69, 9.17) is 9.47 Å². The third kappa shape index (κ3) is 8.57. The number of rotatable bonds is 11. The molecule has 3 nitrogen and oxygen atoms in total. The lowest BCUT2D eigenvalue weighted by atomic mass is 10.1. The van der Waals surface area contributed by atoms with E-state index in [9.17, 15) is 0 Å². The van der Waals surface area contributed by atoms with E-state index in [0.717, 1.165) is 30.6 Å². The average molecular weight is 358 g/mol. The van der Waals surface area contributed by atoms with Crippen LogP contribution in [0.15, 0.2) is 28.7 Å². The summed E-state index contributed by atoms with van der Waals surface area (Å²) in [5.74, 6) is 0.567. The summed E-state index contributed by atoms with van der Waals surface area (Å²) in [5.41, 5.74) is 1.19. The Morgan fingerprint density at radius 1 is 1.24 bits per heavy atom. The molecule has 1 atom stereocenters. The maximum atomic E-state index is 6.00. The van der Waals surface area contributed by atoms with Gasteiger partial charge < -0.3 is 14.8 Å². The number of hydrogen-bond acceptors (Lipinski definition) is 3. The van der Waals surface area contributed by atoms with Crippen molar-refractivity contribution in [3.63, 3.8) is 0 Å². The van der Waals surface area contributed by atoms with Crippen LogP contribution in [-0.2, 0) is 9.47 Å². The maximum Gasteiger partial charge on any atom is 0.0950 e. The summed E-state index contributed by atoms with van der Waals surface area (Å²) in [5, 5.41) is 3.43. The Hall–Kier alpha value is -0.420. The first kappa shape index (κ1) is 18.6. The fraction of sp³-hybridized carbons (Fsp3) is 0.647. The van der Waals surface area contributed by atoms with E-state index >= 15 is 0 Å². The molecule has 0 heterocycles. The third-order valence-corrected chi connectivity index (χ3v) is 3.47. The van der Waals surface area contributed by atoms with Crippen LogP contribution in [0.25, 0.3) is 0 Å². The molecule has 0 saturated heterocycles. The zero-order valence-electron chi connectivity index (χ0n) is 13.4. The maximum absolute atomic E-state index is 6.00. The molecule has 1 aromatic rings. The largest absolute Gasteiger partial charge is 0.379 e. The van der Waals surface area contributed by atoms with Gasteiger partial charge in [-0.1, -0.05) is 48.8 Å². The predicted octanol–water partition coefficient (Wildman–Crippen LogP) is 4.18. The van der Waals surface area contributed by atoms with Gasteiger partial charge in [0.1, 0.15) is 0 Å². The molecule has 4 heteroatoms. The van der Waals surface area contributed by atoms with Gasteiger partial charge in [-0.2, -0.15) is 0 Å². The predicted molar refractivity (Wildman–Crippen MR) is 91.7 cm³/mol. The topological polar surface area (TPSA) is 30.5 Å². The van der Waals surface area contributed by atoms with Crippen LogP contribution < -0.4 is 5.32 Å². The van der Waals surface area contributed by atoms with Crippen molar-refractivity contribution in [1.82, 2.24) is 5.32 Å². The molecule has 0 aromatic heterocycles. The lowest BCUT2D eigenvalue weighted by Crippen LogP contribution is -2.25. The molecule has 1 aromatic carbocycles. The molecular weight excluding hydrogens is 330 g/mol. The minimum atomic E-state index is 0.0664. The van der Waals surface area contributed by atoms with Gasteiger partial charge in [-0.3, -0.25) is 0 Å². The van der Waals surface area contributed by atoms with Crippen LogP contribution in [0.4, 0.5) is 0 Å². The molecule has 0 saturated carbocycles. The Kier molecular flexibility index (Phi) is 9.92. The zero-order valence-corrected chi connectivity index (χ0v) is 15.0. The van der Waals surface area contributed by atoms with Crippen LogP contribution in [0, 0.1) is 5.92 Å². The third-order valence-electron chi connectivity index (χ3n) is 2.97. The molecule has 0 radical (unpaired) electrons. The second-order valence-electron chi connectivity index (χ2n) is 5.59. The van der Waals surface area contributed by atoms with Crippen molar-refractivity contribution in [2.75, 3.05) is 32.9 Å². The highest BCUT2D eigenvalue weighted by molar-refractivity contribution is 9.10. The highest BCUT2D eigenvalue weighted by Crippen LogP contribution is 2.20. The van der Waals surface area contributed by atoms with Crippen LogP contribution in [0.5, 0.6) is 0 Å². The Morgan fingerprint density at radius 3 is 2.71 bits per heavy atom. The molecule has 1 rings (SSSR count). The lowest BCUT2D eigenvalue weighted by molar-refractivity contribution is -0.00125. The van der Waals surface area contributed by atoms with Crippen molar-refractivity contribution < 1.29 is 9.47 Å². The van der Waals surface area contributed by atoms with Crippen LogP contribution in [0.2, 0.25) is 0 Å². The Morgan fingerprint density at radius 2 is 2.05 bits per heavy atom. The van der Waals surface area contributed by atoms with Gasteiger partial charge in [0.25, 0.3) is 0 Å². The average Bonchev–Trinajstić information content (AvgIpc) is 2.45. The van der Waals surface area contributed by atoms with Gasteiger partial charge in [0.05, 0.1) is 19.3 Å². The molecule has 0 aliphatic rings. The van der Waals surface area contributed by atoms with Crippen LogP contribution in [0.1, 0.15) is 38.9 Å². The summed E-state index contributed by atoms with van der Waals surface area (Å²) in [6.45, 7) is 10.4. The van der Waals surface area contributed by atoms with Gasteiger partial charge in [-0.15, -0.1) is 0 Å². The molecular formula is C17H28BrNO2. The summed E-state index contributed by atoms with van der Waals surface area (Å²) >= 11 is 3.52. The second-order valence-corrected chi connectivity index (χ2v) is 6.50. The normalized spacial score (nSPS) is 12.8. The SMILES string of the molecule is CCCNCC(OCCOCC(C)C)c1cccc(Br)c1. The van der Waals surface area contributed by atoms with Crippen molar-refractivity contribution in [3.8, 4) is 0 Å². The highest BCUT2D eigenvalue weighted by atomic mass is 79.9. The first-order valence-corrected chi connectivity index (χ1v) is 8.58. The van der Waals surface area contributed by atoms with Crippen LogP contribution >= 0.6 is 15.9 Å². The van der Waals surface area contributed by atoms with Crippen molar-refractivity contribution in [1.29, 1.82) is 0 Å². The van der Waals surface area contributed by atoms with E-state index in [0.29, 0.717) is 19.1 Å². The van der Waals surface area contributed by atoms with E-state index in [1.54, 1.807) is 0 Å². The van der Waals surface area contributed by atoms with Gasteiger partial charge in [-0.25, -0.2) is 0 Å². The molecule has 0 aliphatic heterocycles. The van der Waals surface area contributed by atoms with Gasteiger partial charge in [0, 0.05) is 17.6 Å². The molecule has 0 bridgehead atoms. The standard InChI is InChI=1S/C17H28BrNO2/c1-4-8-19-12-17(15-6-5-7-16(18)11-15)21-10-9-20-13-14(2)3/h5-7,11,14,17,19H,4,8-10,12-13H2,1-3H3. The summed E-state index contributed by atoms with van der Waals surface area (Å²) in [7, 11) is 0.